The third-order valence-corrected chi connectivity index (χ3v) is 6.36. The molecule has 29 heavy (non-hydrogen) atoms. The number of aromatic amines is 1. The van der Waals surface area contributed by atoms with Crippen molar-refractivity contribution in [2.24, 2.45) is 0 Å². The van der Waals surface area contributed by atoms with Crippen LogP contribution < -0.4 is 4.74 Å². The molecule has 4 rings (SSSR count). The zero-order valence-corrected chi connectivity index (χ0v) is 18.1. The van der Waals surface area contributed by atoms with Gasteiger partial charge in [0.25, 0.3) is 5.91 Å². The van der Waals surface area contributed by atoms with Crippen molar-refractivity contribution in [3.8, 4) is 5.75 Å². The van der Waals surface area contributed by atoms with E-state index in [1.54, 1.807) is 0 Å². The molecule has 6 heteroatoms. The highest BCUT2D eigenvalue weighted by atomic mass is 16.5. The molecule has 1 unspecified atom stereocenters. The van der Waals surface area contributed by atoms with Crippen LogP contribution in [0.25, 0.3) is 10.9 Å². The average molecular weight is 399 g/mol. The van der Waals surface area contributed by atoms with Gasteiger partial charge in [0.1, 0.15) is 17.5 Å². The van der Waals surface area contributed by atoms with E-state index in [9.17, 15) is 4.79 Å². The molecular weight excluding hydrogens is 364 g/mol. The van der Waals surface area contributed by atoms with Gasteiger partial charge in [-0.1, -0.05) is 0 Å². The highest BCUT2D eigenvalue weighted by Crippen LogP contribution is 2.25. The Kier molecular flexibility index (Phi) is 5.83. The van der Waals surface area contributed by atoms with Crippen LogP contribution >= 0.6 is 0 Å². The van der Waals surface area contributed by atoms with E-state index in [0.29, 0.717) is 17.8 Å². The highest BCUT2D eigenvalue weighted by molar-refractivity contribution is 5.98. The van der Waals surface area contributed by atoms with E-state index in [4.69, 9.17) is 4.74 Å². The summed E-state index contributed by atoms with van der Waals surface area (Å²) in [5.74, 6) is 0.979. The summed E-state index contributed by atoms with van der Waals surface area (Å²) in [6.07, 6.45) is 1.31. The molecule has 2 aromatic rings. The van der Waals surface area contributed by atoms with Crippen LogP contribution in [0.1, 0.15) is 44.6 Å². The Hall–Kier alpha value is -2.05. The SMILES string of the molecule is CC(C)N1CCN(C(=O)c2cc3cc(OC4CCN(C(C)C)C4)ccc3[nH]2)CC1. The Labute approximate surface area is 173 Å². The molecule has 1 aromatic heterocycles. The molecule has 158 valence electrons. The van der Waals surface area contributed by atoms with Gasteiger partial charge in [-0.05, 0) is 58.4 Å². The van der Waals surface area contributed by atoms with Crippen molar-refractivity contribution in [2.45, 2.75) is 52.3 Å². The number of rotatable bonds is 5. The van der Waals surface area contributed by atoms with Gasteiger partial charge in [0.2, 0.25) is 0 Å². The summed E-state index contributed by atoms with van der Waals surface area (Å²) in [6, 6.07) is 9.14. The lowest BCUT2D eigenvalue weighted by molar-refractivity contribution is 0.0591. The number of aromatic nitrogens is 1. The van der Waals surface area contributed by atoms with Crippen LogP contribution in [0.3, 0.4) is 0 Å². The van der Waals surface area contributed by atoms with E-state index in [2.05, 4.69) is 48.5 Å². The van der Waals surface area contributed by atoms with Gasteiger partial charge >= 0.3 is 0 Å². The van der Waals surface area contributed by atoms with Crippen molar-refractivity contribution in [2.75, 3.05) is 39.3 Å². The number of H-pyrrole nitrogens is 1. The van der Waals surface area contributed by atoms with Crippen molar-refractivity contribution in [3.63, 3.8) is 0 Å². The van der Waals surface area contributed by atoms with Gasteiger partial charge in [0.15, 0.2) is 0 Å². The Morgan fingerprint density at radius 1 is 1.00 bits per heavy atom. The van der Waals surface area contributed by atoms with Gasteiger partial charge in [-0.25, -0.2) is 0 Å². The minimum Gasteiger partial charge on any atom is -0.489 e. The number of carbonyl (C=O) groups is 1. The third kappa shape index (κ3) is 4.43. The predicted molar refractivity (Wildman–Crippen MR) is 117 cm³/mol. The molecule has 0 saturated carbocycles. The molecule has 0 aliphatic carbocycles. The summed E-state index contributed by atoms with van der Waals surface area (Å²) in [7, 11) is 0. The summed E-state index contributed by atoms with van der Waals surface area (Å²) in [6.45, 7) is 14.4. The van der Waals surface area contributed by atoms with E-state index in [1.807, 2.05) is 23.1 Å². The van der Waals surface area contributed by atoms with Gasteiger partial charge in [-0.3, -0.25) is 14.6 Å². The van der Waals surface area contributed by atoms with E-state index in [1.165, 1.54) is 0 Å². The van der Waals surface area contributed by atoms with Gasteiger partial charge in [-0.2, -0.15) is 0 Å². The molecule has 1 amide bonds. The first kappa shape index (κ1) is 20.2. The number of nitrogens with zero attached hydrogens (tertiary/aromatic N) is 3. The first-order valence-corrected chi connectivity index (χ1v) is 11.0. The van der Waals surface area contributed by atoms with Gasteiger partial charge in [0, 0.05) is 62.3 Å². The molecular formula is C23H34N4O2. The van der Waals surface area contributed by atoms with E-state index in [0.717, 1.165) is 62.3 Å². The molecule has 1 aromatic carbocycles. The monoisotopic (exact) mass is 398 g/mol. The molecule has 2 aliphatic heterocycles. The van der Waals surface area contributed by atoms with Gasteiger partial charge < -0.3 is 14.6 Å². The first-order valence-electron chi connectivity index (χ1n) is 11.0. The van der Waals surface area contributed by atoms with Crippen LogP contribution in [0.5, 0.6) is 5.75 Å². The number of ether oxygens (including phenoxy) is 1. The highest BCUT2D eigenvalue weighted by Gasteiger charge is 2.26. The van der Waals surface area contributed by atoms with Crippen LogP contribution in [-0.2, 0) is 0 Å². The summed E-state index contributed by atoms with van der Waals surface area (Å²) in [4.78, 5) is 23.1. The lowest BCUT2D eigenvalue weighted by Crippen LogP contribution is -2.50. The zero-order valence-electron chi connectivity index (χ0n) is 18.1. The maximum atomic E-state index is 12.9. The van der Waals surface area contributed by atoms with Crippen LogP contribution in [-0.4, -0.2) is 83.0 Å². The predicted octanol–water partition coefficient (Wildman–Crippen LogP) is 3.20. The van der Waals surface area contributed by atoms with Crippen LogP contribution in [0.2, 0.25) is 0 Å². The van der Waals surface area contributed by atoms with Crippen LogP contribution in [0, 0.1) is 0 Å². The van der Waals surface area contributed by atoms with Crippen LogP contribution in [0.4, 0.5) is 0 Å². The van der Waals surface area contributed by atoms with Crippen molar-refractivity contribution in [3.05, 3.63) is 30.0 Å². The van der Waals surface area contributed by atoms with E-state index < -0.39 is 0 Å². The number of hydrogen-bond donors (Lipinski definition) is 1. The number of carbonyl (C=O) groups excluding carboxylic acids is 1. The summed E-state index contributed by atoms with van der Waals surface area (Å²) in [5, 5.41) is 1.03. The molecule has 2 saturated heterocycles. The van der Waals surface area contributed by atoms with Crippen LogP contribution in [0.15, 0.2) is 24.3 Å². The minimum absolute atomic E-state index is 0.0930. The fourth-order valence-electron chi connectivity index (χ4n) is 4.42. The Bertz CT molecular complexity index is 852. The molecule has 2 fully saturated rings. The smallest absolute Gasteiger partial charge is 0.270 e. The fourth-order valence-corrected chi connectivity index (χ4v) is 4.42. The maximum Gasteiger partial charge on any atom is 0.270 e. The molecule has 6 nitrogen and oxygen atoms in total. The lowest BCUT2D eigenvalue weighted by Gasteiger charge is -2.36. The number of amides is 1. The normalized spacial score (nSPS) is 21.6. The second kappa shape index (κ2) is 8.36. The second-order valence-electron chi connectivity index (χ2n) is 8.97. The summed E-state index contributed by atoms with van der Waals surface area (Å²) in [5.41, 5.74) is 1.65. The number of nitrogens with one attached hydrogen (secondary N) is 1. The molecule has 1 atom stereocenters. The van der Waals surface area contributed by atoms with Crippen molar-refractivity contribution >= 4 is 16.8 Å². The molecule has 1 N–H and O–H groups in total. The average Bonchev–Trinajstić information content (AvgIpc) is 3.34. The Morgan fingerprint density at radius 2 is 1.72 bits per heavy atom. The topological polar surface area (TPSA) is 51.8 Å². The fraction of sp³-hybridized carbons (Fsp3) is 0.609. The van der Waals surface area contributed by atoms with Crippen molar-refractivity contribution < 1.29 is 9.53 Å². The van der Waals surface area contributed by atoms with Gasteiger partial charge in [-0.15, -0.1) is 0 Å². The van der Waals surface area contributed by atoms with Gasteiger partial charge in [0.05, 0.1) is 0 Å². The minimum atomic E-state index is 0.0930. The zero-order chi connectivity index (χ0) is 20.5. The second-order valence-corrected chi connectivity index (χ2v) is 8.97. The standard InChI is InChI=1S/C23H34N4O2/c1-16(2)25-9-11-26(12-10-25)23(28)22-14-18-13-19(5-6-21(18)24-22)29-20-7-8-27(15-20)17(3)4/h5-6,13-14,16-17,20,24H,7-12,15H2,1-4H3. The molecule has 0 radical (unpaired) electrons. The number of piperazine rings is 1. The lowest BCUT2D eigenvalue weighted by atomic mass is 10.2. The van der Waals surface area contributed by atoms with E-state index >= 15 is 0 Å². The summed E-state index contributed by atoms with van der Waals surface area (Å²) < 4.78 is 6.23. The molecule has 0 bridgehead atoms. The number of fused-ring (bicyclic) bond motifs is 1. The number of likely N-dealkylation sites (tertiary alicyclic amines) is 1. The first-order chi connectivity index (χ1) is 13.9. The Balaban J connectivity index is 1.41. The summed E-state index contributed by atoms with van der Waals surface area (Å²) >= 11 is 0. The largest absolute Gasteiger partial charge is 0.489 e. The quantitative estimate of drug-likeness (QED) is 0.840. The van der Waals surface area contributed by atoms with Crippen molar-refractivity contribution in [1.29, 1.82) is 0 Å². The number of hydrogen-bond acceptors (Lipinski definition) is 4. The van der Waals surface area contributed by atoms with E-state index in [-0.39, 0.29) is 12.0 Å². The molecule has 3 heterocycles. The third-order valence-electron chi connectivity index (χ3n) is 6.36. The molecule has 0 spiro atoms. The molecule has 2 aliphatic rings. The maximum absolute atomic E-state index is 12.9. The Morgan fingerprint density at radius 3 is 2.38 bits per heavy atom. The van der Waals surface area contributed by atoms with Crippen molar-refractivity contribution in [1.82, 2.24) is 19.7 Å². The number of benzene rings is 1.